The lowest BCUT2D eigenvalue weighted by Gasteiger charge is -2.10. The number of anilines is 1. The van der Waals surface area contributed by atoms with Crippen LogP contribution in [0.2, 0.25) is 5.02 Å². The molecular weight excluding hydrogens is 331 g/mol. The molecule has 0 radical (unpaired) electrons. The van der Waals surface area contributed by atoms with Crippen molar-refractivity contribution in [3.05, 3.63) is 58.9 Å². The van der Waals surface area contributed by atoms with Crippen molar-refractivity contribution < 1.29 is 13.9 Å². The van der Waals surface area contributed by atoms with Crippen LogP contribution in [0.4, 0.5) is 10.1 Å². The SMILES string of the molecule is CC(C)Oc1ccc(CNCC(=O)Nc2ccc(F)c(Cl)c2)cc1. The van der Waals surface area contributed by atoms with E-state index in [4.69, 9.17) is 16.3 Å². The molecule has 0 aromatic heterocycles. The summed E-state index contributed by atoms with van der Waals surface area (Å²) in [6.07, 6.45) is 0.137. The number of nitrogens with one attached hydrogen (secondary N) is 2. The van der Waals surface area contributed by atoms with Gasteiger partial charge in [-0.05, 0) is 49.7 Å². The second kappa shape index (κ2) is 8.66. The van der Waals surface area contributed by atoms with Crippen molar-refractivity contribution in [2.75, 3.05) is 11.9 Å². The van der Waals surface area contributed by atoms with Gasteiger partial charge < -0.3 is 15.4 Å². The molecule has 4 nitrogen and oxygen atoms in total. The highest BCUT2D eigenvalue weighted by Gasteiger charge is 2.05. The molecule has 0 aliphatic rings. The number of hydrogen-bond donors (Lipinski definition) is 2. The molecule has 2 N–H and O–H groups in total. The third-order valence-corrected chi connectivity index (χ3v) is 3.40. The van der Waals surface area contributed by atoms with E-state index in [9.17, 15) is 9.18 Å². The summed E-state index contributed by atoms with van der Waals surface area (Å²) in [6.45, 7) is 4.64. The lowest BCUT2D eigenvalue weighted by Crippen LogP contribution is -2.27. The highest BCUT2D eigenvalue weighted by atomic mass is 35.5. The second-order valence-corrected chi connectivity index (χ2v) is 6.00. The molecule has 6 heteroatoms. The molecule has 2 aromatic rings. The maximum Gasteiger partial charge on any atom is 0.238 e. The topological polar surface area (TPSA) is 50.4 Å². The normalized spacial score (nSPS) is 10.7. The number of benzene rings is 2. The molecule has 0 unspecified atom stereocenters. The van der Waals surface area contributed by atoms with E-state index < -0.39 is 5.82 Å². The van der Waals surface area contributed by atoms with Crippen molar-refractivity contribution in [2.45, 2.75) is 26.5 Å². The number of carbonyl (C=O) groups is 1. The van der Waals surface area contributed by atoms with E-state index in [2.05, 4.69) is 10.6 Å². The number of ether oxygens (including phenoxy) is 1. The van der Waals surface area contributed by atoms with Crippen molar-refractivity contribution in [3.8, 4) is 5.75 Å². The maximum atomic E-state index is 13.1. The Kier molecular flexibility index (Phi) is 6.58. The van der Waals surface area contributed by atoms with E-state index in [1.807, 2.05) is 38.1 Å². The van der Waals surface area contributed by atoms with Gasteiger partial charge in [-0.25, -0.2) is 4.39 Å². The van der Waals surface area contributed by atoms with Crippen LogP contribution in [-0.2, 0) is 11.3 Å². The summed E-state index contributed by atoms with van der Waals surface area (Å²) in [5, 5.41) is 5.68. The molecule has 0 bridgehead atoms. The number of halogens is 2. The zero-order valence-corrected chi connectivity index (χ0v) is 14.4. The van der Waals surface area contributed by atoms with Crippen molar-refractivity contribution in [2.24, 2.45) is 0 Å². The van der Waals surface area contributed by atoms with E-state index in [0.717, 1.165) is 11.3 Å². The van der Waals surface area contributed by atoms with E-state index in [1.54, 1.807) is 0 Å². The Morgan fingerprint density at radius 3 is 2.54 bits per heavy atom. The highest BCUT2D eigenvalue weighted by Crippen LogP contribution is 2.19. The van der Waals surface area contributed by atoms with Gasteiger partial charge in [-0.3, -0.25) is 4.79 Å². The van der Waals surface area contributed by atoms with Gasteiger partial charge in [0.2, 0.25) is 5.91 Å². The molecule has 0 heterocycles. The maximum absolute atomic E-state index is 13.1. The van der Waals surface area contributed by atoms with Crippen LogP contribution in [0.1, 0.15) is 19.4 Å². The molecule has 128 valence electrons. The number of carbonyl (C=O) groups excluding carboxylic acids is 1. The quantitative estimate of drug-likeness (QED) is 0.793. The van der Waals surface area contributed by atoms with Crippen molar-refractivity contribution in [1.29, 1.82) is 0 Å². The van der Waals surface area contributed by atoms with Crippen molar-refractivity contribution in [3.63, 3.8) is 0 Å². The number of amides is 1. The number of rotatable bonds is 7. The van der Waals surface area contributed by atoms with Gasteiger partial charge >= 0.3 is 0 Å². The lowest BCUT2D eigenvalue weighted by molar-refractivity contribution is -0.115. The Balaban J connectivity index is 1.76. The molecule has 2 aromatic carbocycles. The van der Waals surface area contributed by atoms with Gasteiger partial charge in [0.15, 0.2) is 0 Å². The lowest BCUT2D eigenvalue weighted by atomic mass is 10.2. The van der Waals surface area contributed by atoms with E-state index in [-0.39, 0.29) is 23.6 Å². The predicted molar refractivity (Wildman–Crippen MR) is 94.0 cm³/mol. The van der Waals surface area contributed by atoms with Crippen LogP contribution < -0.4 is 15.4 Å². The molecule has 1 amide bonds. The minimum atomic E-state index is -0.516. The first-order valence-corrected chi connectivity index (χ1v) is 8.03. The fourth-order valence-corrected chi connectivity index (χ4v) is 2.24. The van der Waals surface area contributed by atoms with Crippen LogP contribution in [0.15, 0.2) is 42.5 Å². The summed E-state index contributed by atoms with van der Waals surface area (Å²) in [6, 6.07) is 11.8. The van der Waals surface area contributed by atoms with Crippen LogP contribution >= 0.6 is 11.6 Å². The first-order chi connectivity index (χ1) is 11.4. The summed E-state index contributed by atoms with van der Waals surface area (Å²) < 4.78 is 18.6. The standard InChI is InChI=1S/C18H20ClFN2O2/c1-12(2)24-15-6-3-13(4-7-15)10-21-11-18(23)22-14-5-8-17(20)16(19)9-14/h3-9,12,21H,10-11H2,1-2H3,(H,22,23). The summed E-state index contributed by atoms with van der Waals surface area (Å²) in [7, 11) is 0. The summed E-state index contributed by atoms with van der Waals surface area (Å²) in [5.41, 5.74) is 1.51. The van der Waals surface area contributed by atoms with Gasteiger partial charge in [-0.2, -0.15) is 0 Å². The van der Waals surface area contributed by atoms with Gasteiger partial charge in [0.25, 0.3) is 0 Å². The van der Waals surface area contributed by atoms with Crippen LogP contribution in [-0.4, -0.2) is 18.6 Å². The molecule has 0 aliphatic carbocycles. The van der Waals surface area contributed by atoms with Crippen LogP contribution in [0.25, 0.3) is 0 Å². The molecule has 0 saturated heterocycles. The van der Waals surface area contributed by atoms with Crippen LogP contribution in [0.5, 0.6) is 5.75 Å². The van der Waals surface area contributed by atoms with Crippen LogP contribution in [0, 0.1) is 5.82 Å². The summed E-state index contributed by atoms with van der Waals surface area (Å²) >= 11 is 5.67. The third-order valence-electron chi connectivity index (χ3n) is 3.11. The first-order valence-electron chi connectivity index (χ1n) is 7.65. The molecule has 0 saturated carbocycles. The van der Waals surface area contributed by atoms with Gasteiger partial charge in [0, 0.05) is 12.2 Å². The first kappa shape index (κ1) is 18.2. The Bertz CT molecular complexity index is 690. The molecule has 0 spiro atoms. The highest BCUT2D eigenvalue weighted by molar-refractivity contribution is 6.31. The fourth-order valence-electron chi connectivity index (χ4n) is 2.06. The molecule has 24 heavy (non-hydrogen) atoms. The fraction of sp³-hybridized carbons (Fsp3) is 0.278. The predicted octanol–water partition coefficient (Wildman–Crippen LogP) is 3.99. The van der Waals surface area contributed by atoms with Gasteiger partial charge in [0.1, 0.15) is 11.6 Å². The Morgan fingerprint density at radius 2 is 1.92 bits per heavy atom. The Hall–Kier alpha value is -2.11. The average Bonchev–Trinajstić information content (AvgIpc) is 2.52. The molecule has 0 atom stereocenters. The van der Waals surface area contributed by atoms with Crippen molar-refractivity contribution in [1.82, 2.24) is 5.32 Å². The van der Waals surface area contributed by atoms with E-state index in [1.165, 1.54) is 18.2 Å². The Morgan fingerprint density at radius 1 is 1.21 bits per heavy atom. The van der Waals surface area contributed by atoms with Crippen LogP contribution in [0.3, 0.4) is 0 Å². The zero-order chi connectivity index (χ0) is 17.5. The number of hydrogen-bond acceptors (Lipinski definition) is 3. The minimum absolute atomic E-state index is 0.0236. The van der Waals surface area contributed by atoms with E-state index >= 15 is 0 Å². The third kappa shape index (κ3) is 5.83. The molecule has 0 aliphatic heterocycles. The van der Waals surface area contributed by atoms with Gasteiger partial charge in [0.05, 0.1) is 17.7 Å². The monoisotopic (exact) mass is 350 g/mol. The van der Waals surface area contributed by atoms with Gasteiger partial charge in [-0.15, -0.1) is 0 Å². The van der Waals surface area contributed by atoms with Crippen molar-refractivity contribution >= 4 is 23.2 Å². The molecular formula is C18H20ClFN2O2. The summed E-state index contributed by atoms with van der Waals surface area (Å²) in [4.78, 5) is 11.8. The zero-order valence-electron chi connectivity index (χ0n) is 13.6. The summed E-state index contributed by atoms with van der Waals surface area (Å²) in [5.74, 6) is 0.0785. The van der Waals surface area contributed by atoms with E-state index in [0.29, 0.717) is 12.2 Å². The minimum Gasteiger partial charge on any atom is -0.491 e. The molecule has 0 fully saturated rings. The van der Waals surface area contributed by atoms with Gasteiger partial charge in [-0.1, -0.05) is 23.7 Å². The Labute approximate surface area is 146 Å². The molecule has 2 rings (SSSR count). The largest absolute Gasteiger partial charge is 0.491 e. The second-order valence-electron chi connectivity index (χ2n) is 5.59. The average molecular weight is 351 g/mol. The smallest absolute Gasteiger partial charge is 0.238 e.